The molecule has 4 rings (SSSR count). The first-order chi connectivity index (χ1) is 17.3. The second-order valence-corrected chi connectivity index (χ2v) is 7.92. The fourth-order valence-electron chi connectivity index (χ4n) is 3.32. The molecule has 1 aliphatic heterocycles. The summed E-state index contributed by atoms with van der Waals surface area (Å²) < 4.78 is 11.3. The van der Waals surface area contributed by atoms with E-state index >= 15 is 0 Å². The summed E-state index contributed by atoms with van der Waals surface area (Å²) in [4.78, 5) is 32.4. The van der Waals surface area contributed by atoms with Gasteiger partial charge in [0, 0.05) is 18.3 Å². The molecule has 200 valence electrons. The first-order valence-corrected chi connectivity index (χ1v) is 11.3. The lowest BCUT2D eigenvalue weighted by Crippen LogP contribution is -2.37. The van der Waals surface area contributed by atoms with E-state index in [1.54, 1.807) is 19.5 Å². The van der Waals surface area contributed by atoms with Crippen LogP contribution in [-0.2, 0) is 9.59 Å². The van der Waals surface area contributed by atoms with Gasteiger partial charge in [-0.3, -0.25) is 19.7 Å². The normalized spacial score (nSPS) is 14.4. The molecule has 1 atom stereocenters. The molecule has 4 heterocycles. The Labute approximate surface area is 214 Å². The van der Waals surface area contributed by atoms with Gasteiger partial charge in [-0.05, 0) is 38.4 Å². The fourth-order valence-corrected chi connectivity index (χ4v) is 3.32. The molecule has 5 N–H and O–H groups in total. The minimum absolute atomic E-state index is 0. The van der Waals surface area contributed by atoms with Crippen LogP contribution in [0.15, 0.2) is 30.6 Å². The zero-order valence-corrected chi connectivity index (χ0v) is 20.0. The summed E-state index contributed by atoms with van der Waals surface area (Å²) in [5.74, 6) is 0.0712. The lowest BCUT2D eigenvalue weighted by Gasteiger charge is -2.23. The summed E-state index contributed by atoms with van der Waals surface area (Å²) in [6.45, 7) is 3.79. The summed E-state index contributed by atoms with van der Waals surface area (Å²) in [6.07, 6.45) is 4.90. The van der Waals surface area contributed by atoms with Gasteiger partial charge in [0.15, 0.2) is 11.6 Å². The second kappa shape index (κ2) is 14.3. The zero-order valence-electron chi connectivity index (χ0n) is 20.0. The minimum Gasteiger partial charge on any atom is -0.481 e. The summed E-state index contributed by atoms with van der Waals surface area (Å²) >= 11 is 0. The first kappa shape index (κ1) is 29.0. The van der Waals surface area contributed by atoms with Crippen LogP contribution < -0.4 is 20.1 Å². The molecule has 0 aliphatic carbocycles. The van der Waals surface area contributed by atoms with Crippen LogP contribution in [0.2, 0.25) is 0 Å². The molecule has 1 fully saturated rings. The monoisotopic (exact) mass is 515 g/mol. The number of anilines is 2. The molecule has 0 saturated carbocycles. The van der Waals surface area contributed by atoms with E-state index in [9.17, 15) is 9.59 Å². The number of piperidine rings is 1. The van der Waals surface area contributed by atoms with Crippen molar-refractivity contribution in [3.63, 3.8) is 0 Å². The molecule has 0 bridgehead atoms. The van der Waals surface area contributed by atoms with E-state index in [0.717, 1.165) is 42.9 Å². The van der Waals surface area contributed by atoms with Gasteiger partial charge in [-0.15, -0.1) is 0 Å². The Morgan fingerprint density at radius 3 is 2.54 bits per heavy atom. The molecule has 3 aromatic heterocycles. The Kier molecular flexibility index (Phi) is 11.2. The Morgan fingerprint density at radius 2 is 1.89 bits per heavy atom. The number of aromatic amines is 1. The number of carboxylic acid groups (broad SMARTS) is 2. The van der Waals surface area contributed by atoms with Crippen molar-refractivity contribution in [2.24, 2.45) is 0 Å². The van der Waals surface area contributed by atoms with Gasteiger partial charge in [0.25, 0.3) is 0 Å². The lowest BCUT2D eigenvalue weighted by molar-refractivity contribution is -0.143. The van der Waals surface area contributed by atoms with Crippen LogP contribution in [0.3, 0.4) is 0 Å². The topological polar surface area (TPSA) is 184 Å². The number of H-pyrrole nitrogens is 1. The third kappa shape index (κ3) is 9.37. The molecule has 0 radical (unpaired) electrons. The van der Waals surface area contributed by atoms with Crippen molar-refractivity contribution in [1.29, 1.82) is 0 Å². The maximum absolute atomic E-state index is 9.64. The molecule has 0 spiro atoms. The van der Waals surface area contributed by atoms with E-state index in [1.807, 2.05) is 25.1 Å². The average Bonchev–Trinajstić information content (AvgIpc) is 3.32. The van der Waals surface area contributed by atoms with Gasteiger partial charge in [0.05, 0.1) is 43.6 Å². The number of carbonyl (C=O) groups is 2. The molecule has 13 heteroatoms. The number of ether oxygens (including phenoxy) is 2. The SMILES string of the molecule is C.COc1nc(C)ccc1-c1cc(Nc2cncc(O[C@@H]3CCCNC3)n2)n[nH]1.O=C(O)CCC(=O)O. The standard InChI is InChI=1S/C19H23N7O2.C4H6O4.CH4/c1-12-5-6-14(19(22-12)27-2)15-8-16(26-25-15)23-17-10-21-11-18(24-17)28-13-4-3-7-20-9-13;5-3(6)1-2-4(7)8;/h5-6,8,10-11,13,20H,3-4,7,9H2,1-2H3,(H2,23,24,25,26);1-2H2,(H,5,6)(H,7,8);1H4/t13-;;/m1../s1. The number of aromatic nitrogens is 5. The number of hydrogen-bond donors (Lipinski definition) is 5. The van der Waals surface area contributed by atoms with Gasteiger partial charge in [-0.25, -0.2) is 4.98 Å². The van der Waals surface area contributed by atoms with Gasteiger partial charge < -0.3 is 30.3 Å². The summed E-state index contributed by atoms with van der Waals surface area (Å²) in [7, 11) is 1.60. The number of pyridine rings is 1. The molecule has 13 nitrogen and oxygen atoms in total. The van der Waals surface area contributed by atoms with Crippen LogP contribution >= 0.6 is 0 Å². The van der Waals surface area contributed by atoms with Crippen molar-refractivity contribution in [3.8, 4) is 23.0 Å². The third-order valence-electron chi connectivity index (χ3n) is 5.02. The van der Waals surface area contributed by atoms with Crippen LogP contribution in [0.5, 0.6) is 11.8 Å². The summed E-state index contributed by atoms with van der Waals surface area (Å²) in [6, 6.07) is 5.75. The van der Waals surface area contributed by atoms with Gasteiger partial charge in [-0.2, -0.15) is 10.1 Å². The predicted octanol–water partition coefficient (Wildman–Crippen LogP) is 3.03. The smallest absolute Gasteiger partial charge is 0.303 e. The van der Waals surface area contributed by atoms with E-state index < -0.39 is 11.9 Å². The van der Waals surface area contributed by atoms with Crippen molar-refractivity contribution >= 4 is 23.6 Å². The van der Waals surface area contributed by atoms with E-state index in [1.165, 1.54) is 0 Å². The number of nitrogens with zero attached hydrogens (tertiary/aromatic N) is 4. The minimum atomic E-state index is -1.08. The summed E-state index contributed by atoms with van der Waals surface area (Å²) in [5, 5.41) is 29.6. The van der Waals surface area contributed by atoms with Crippen LogP contribution in [-0.4, -0.2) is 73.6 Å². The third-order valence-corrected chi connectivity index (χ3v) is 5.02. The van der Waals surface area contributed by atoms with Crippen LogP contribution in [0.25, 0.3) is 11.3 Å². The molecule has 3 aromatic rings. The lowest BCUT2D eigenvalue weighted by atomic mass is 10.1. The Hall–Kier alpha value is -4.26. The number of nitrogens with one attached hydrogen (secondary N) is 3. The predicted molar refractivity (Wildman–Crippen MR) is 136 cm³/mol. The van der Waals surface area contributed by atoms with Crippen LogP contribution in [0.1, 0.15) is 38.8 Å². The highest BCUT2D eigenvalue weighted by Gasteiger charge is 2.16. The molecular weight excluding hydrogens is 482 g/mol. The Balaban J connectivity index is 0.000000467. The van der Waals surface area contributed by atoms with Crippen molar-refractivity contribution in [2.45, 2.75) is 46.1 Å². The Morgan fingerprint density at radius 1 is 1.14 bits per heavy atom. The highest BCUT2D eigenvalue weighted by molar-refractivity contribution is 5.75. The van der Waals surface area contributed by atoms with E-state index in [-0.39, 0.29) is 26.4 Å². The van der Waals surface area contributed by atoms with E-state index in [0.29, 0.717) is 23.4 Å². The summed E-state index contributed by atoms with van der Waals surface area (Å²) in [5.41, 5.74) is 2.51. The van der Waals surface area contributed by atoms with Crippen LogP contribution in [0.4, 0.5) is 11.6 Å². The molecule has 1 saturated heterocycles. The molecule has 1 aliphatic rings. The molecule has 0 unspecified atom stereocenters. The maximum Gasteiger partial charge on any atom is 0.303 e. The zero-order chi connectivity index (χ0) is 25.9. The molecular formula is C24H33N7O6. The van der Waals surface area contributed by atoms with E-state index in [4.69, 9.17) is 19.7 Å². The number of carboxylic acids is 2. The highest BCUT2D eigenvalue weighted by atomic mass is 16.5. The van der Waals surface area contributed by atoms with Gasteiger partial charge in [0.2, 0.25) is 11.8 Å². The Bertz CT molecular complexity index is 1150. The number of aryl methyl sites for hydroxylation is 1. The van der Waals surface area contributed by atoms with Gasteiger partial charge in [0.1, 0.15) is 6.10 Å². The largest absolute Gasteiger partial charge is 0.481 e. The van der Waals surface area contributed by atoms with Crippen molar-refractivity contribution < 1.29 is 29.3 Å². The highest BCUT2D eigenvalue weighted by Crippen LogP contribution is 2.29. The maximum atomic E-state index is 9.64. The number of rotatable bonds is 9. The number of methoxy groups -OCH3 is 1. The molecule has 0 aromatic carbocycles. The second-order valence-electron chi connectivity index (χ2n) is 7.92. The van der Waals surface area contributed by atoms with Crippen LogP contribution in [0, 0.1) is 6.92 Å². The molecule has 37 heavy (non-hydrogen) atoms. The average molecular weight is 516 g/mol. The fraction of sp³-hybridized carbons (Fsp3) is 0.417. The van der Waals surface area contributed by atoms with Gasteiger partial charge in [-0.1, -0.05) is 7.43 Å². The van der Waals surface area contributed by atoms with Crippen molar-refractivity contribution in [1.82, 2.24) is 30.5 Å². The quantitative estimate of drug-likeness (QED) is 0.281. The number of aliphatic carboxylic acids is 2. The van der Waals surface area contributed by atoms with Gasteiger partial charge >= 0.3 is 11.9 Å². The van der Waals surface area contributed by atoms with E-state index in [2.05, 4.69) is 35.8 Å². The number of hydrogen-bond acceptors (Lipinski definition) is 10. The van der Waals surface area contributed by atoms with Crippen molar-refractivity contribution in [3.05, 3.63) is 36.3 Å². The molecule has 0 amide bonds. The van der Waals surface area contributed by atoms with Crippen molar-refractivity contribution in [2.75, 3.05) is 25.5 Å². The first-order valence-electron chi connectivity index (χ1n) is 11.3.